The van der Waals surface area contributed by atoms with Crippen LogP contribution >= 0.6 is 0 Å². The van der Waals surface area contributed by atoms with Crippen molar-refractivity contribution in [3.8, 4) is 0 Å². The van der Waals surface area contributed by atoms with Crippen LogP contribution < -0.4 is 0 Å². The molecule has 0 aromatic rings. The molecule has 122 valence electrons. The number of carbonyl (C=O) groups excluding carboxylic acids is 2. The Kier molecular flexibility index (Phi) is 3.22. The summed E-state index contributed by atoms with van der Waals surface area (Å²) in [6, 6.07) is -0.277. The quantitative estimate of drug-likeness (QED) is 0.560. The molecule has 6 nitrogen and oxygen atoms in total. The van der Waals surface area contributed by atoms with Crippen LogP contribution in [-0.2, 0) is 24.3 Å². The van der Waals surface area contributed by atoms with Gasteiger partial charge in [-0.05, 0) is 30.6 Å². The van der Waals surface area contributed by atoms with Crippen molar-refractivity contribution in [2.24, 2.45) is 16.7 Å². The van der Waals surface area contributed by atoms with Gasteiger partial charge in [0, 0.05) is 17.6 Å². The first kappa shape index (κ1) is 15.5. The molecule has 3 atom stereocenters. The molecule has 0 aromatic carbocycles. The van der Waals surface area contributed by atoms with Gasteiger partial charge in [0.15, 0.2) is 0 Å². The summed E-state index contributed by atoms with van der Waals surface area (Å²) in [6.07, 6.45) is 4.57. The topological polar surface area (TPSA) is 80.8 Å². The number of hydrogen-bond acceptors (Lipinski definition) is 5. The molecule has 3 aliphatic rings. The number of methoxy groups -OCH3 is 1. The monoisotopic (exact) mass is 327 g/mol. The number of nitrogens with zero attached hydrogens (tertiary/aromatic N) is 1. The third kappa shape index (κ3) is 1.81. The van der Waals surface area contributed by atoms with E-state index in [-0.39, 0.29) is 22.6 Å². The predicted octanol–water partition coefficient (Wildman–Crippen LogP) is 1.08. The van der Waals surface area contributed by atoms with E-state index in [9.17, 15) is 18.0 Å². The summed E-state index contributed by atoms with van der Waals surface area (Å²) in [7, 11) is -2.43. The molecule has 0 unspecified atom stereocenters. The van der Waals surface area contributed by atoms with Crippen LogP contribution in [-0.4, -0.2) is 43.5 Å². The maximum Gasteiger partial charge on any atom is 0.330 e. The minimum absolute atomic E-state index is 0.0337. The number of ether oxygens (including phenoxy) is 1. The molecule has 0 N–H and O–H groups in total. The Balaban J connectivity index is 1.95. The minimum atomic E-state index is -3.63. The zero-order chi connectivity index (χ0) is 16.3. The molecule has 3 fully saturated rings. The largest absolute Gasteiger partial charge is 0.466 e. The number of esters is 1. The van der Waals surface area contributed by atoms with Gasteiger partial charge >= 0.3 is 5.97 Å². The first-order chi connectivity index (χ1) is 10.2. The van der Waals surface area contributed by atoms with Crippen molar-refractivity contribution in [2.75, 3.05) is 12.9 Å². The van der Waals surface area contributed by atoms with Gasteiger partial charge in [0.1, 0.15) is 0 Å². The summed E-state index contributed by atoms with van der Waals surface area (Å²) in [5.41, 5.74) is -0.420. The third-order valence-corrected chi connectivity index (χ3v) is 8.11. The number of sulfonamides is 1. The van der Waals surface area contributed by atoms with Crippen LogP contribution in [0.3, 0.4) is 0 Å². The van der Waals surface area contributed by atoms with Gasteiger partial charge in [-0.15, -0.1) is 0 Å². The van der Waals surface area contributed by atoms with Crippen LogP contribution in [0.5, 0.6) is 0 Å². The van der Waals surface area contributed by atoms with E-state index in [1.807, 2.05) is 0 Å². The molecule has 22 heavy (non-hydrogen) atoms. The summed E-state index contributed by atoms with van der Waals surface area (Å²) < 4.78 is 30.6. The van der Waals surface area contributed by atoms with E-state index in [2.05, 4.69) is 18.6 Å². The van der Waals surface area contributed by atoms with Crippen LogP contribution in [0.4, 0.5) is 0 Å². The smallest absolute Gasteiger partial charge is 0.330 e. The molecule has 2 aliphatic carbocycles. The zero-order valence-corrected chi connectivity index (χ0v) is 13.9. The first-order valence-corrected chi connectivity index (χ1v) is 9.09. The maximum absolute atomic E-state index is 12.6. The molecule has 1 amide bonds. The highest BCUT2D eigenvalue weighted by atomic mass is 32.2. The molecule has 2 bridgehead atoms. The minimum Gasteiger partial charge on any atom is -0.466 e. The molecule has 7 heteroatoms. The second kappa shape index (κ2) is 4.57. The SMILES string of the molecule is COC(=O)/C=C/C(=O)N1[C@H]2C[C@@H]3CC[C@@]2(CS1(=O)=O)C3(C)C. The predicted molar refractivity (Wildman–Crippen MR) is 79.1 cm³/mol. The third-order valence-electron chi connectivity index (χ3n) is 6.19. The molecule has 3 rings (SSSR count). The Hall–Kier alpha value is -1.37. The van der Waals surface area contributed by atoms with Gasteiger partial charge in [0.05, 0.1) is 18.9 Å². The lowest BCUT2D eigenvalue weighted by Crippen LogP contribution is -2.43. The van der Waals surface area contributed by atoms with Crippen molar-refractivity contribution in [1.82, 2.24) is 4.31 Å². The van der Waals surface area contributed by atoms with Crippen LogP contribution in [0.25, 0.3) is 0 Å². The van der Waals surface area contributed by atoms with Gasteiger partial charge in [-0.1, -0.05) is 13.8 Å². The zero-order valence-electron chi connectivity index (χ0n) is 13.0. The number of hydrogen-bond donors (Lipinski definition) is 0. The van der Waals surface area contributed by atoms with Crippen LogP contribution in [0, 0.1) is 16.7 Å². The van der Waals surface area contributed by atoms with Crippen molar-refractivity contribution < 1.29 is 22.7 Å². The maximum atomic E-state index is 12.6. The van der Waals surface area contributed by atoms with Gasteiger partial charge in [0.2, 0.25) is 10.0 Å². The average Bonchev–Trinajstić information content (AvgIpc) is 2.91. The highest BCUT2D eigenvalue weighted by molar-refractivity contribution is 7.90. The number of fused-ring (bicyclic) bond motifs is 1. The lowest BCUT2D eigenvalue weighted by molar-refractivity contribution is -0.135. The summed E-state index contributed by atoms with van der Waals surface area (Å²) >= 11 is 0. The molecule has 1 heterocycles. The van der Waals surface area contributed by atoms with Gasteiger partial charge in [-0.3, -0.25) is 4.79 Å². The number of amides is 1. The molecular formula is C15H21NO5S. The fraction of sp³-hybridized carbons (Fsp3) is 0.733. The van der Waals surface area contributed by atoms with Gasteiger partial charge < -0.3 is 4.74 Å². The lowest BCUT2D eigenvalue weighted by Gasteiger charge is -2.36. The lowest BCUT2D eigenvalue weighted by atomic mass is 9.69. The molecule has 1 aliphatic heterocycles. The molecule has 0 aromatic heterocycles. The van der Waals surface area contributed by atoms with E-state index in [1.54, 1.807) is 0 Å². The van der Waals surface area contributed by atoms with E-state index in [0.29, 0.717) is 5.92 Å². The van der Waals surface area contributed by atoms with E-state index in [4.69, 9.17) is 0 Å². The van der Waals surface area contributed by atoms with Gasteiger partial charge in [-0.2, -0.15) is 0 Å². The van der Waals surface area contributed by atoms with E-state index in [1.165, 1.54) is 7.11 Å². The number of carbonyl (C=O) groups is 2. The van der Waals surface area contributed by atoms with Gasteiger partial charge in [-0.25, -0.2) is 17.5 Å². The summed E-state index contributed by atoms with van der Waals surface area (Å²) in [5.74, 6) is -0.831. The number of rotatable bonds is 2. The van der Waals surface area contributed by atoms with Gasteiger partial charge in [0.25, 0.3) is 5.91 Å². The molecule has 2 saturated carbocycles. The van der Waals surface area contributed by atoms with Crippen LogP contribution in [0.15, 0.2) is 12.2 Å². The highest BCUT2D eigenvalue weighted by Crippen LogP contribution is 2.69. The van der Waals surface area contributed by atoms with Crippen molar-refractivity contribution in [1.29, 1.82) is 0 Å². The second-order valence-corrected chi connectivity index (χ2v) is 8.96. The Labute approximate surface area is 130 Å². The van der Waals surface area contributed by atoms with E-state index >= 15 is 0 Å². The molecular weight excluding hydrogens is 306 g/mol. The van der Waals surface area contributed by atoms with Crippen LogP contribution in [0.1, 0.15) is 33.1 Å². The van der Waals surface area contributed by atoms with Crippen molar-refractivity contribution in [3.63, 3.8) is 0 Å². The first-order valence-electron chi connectivity index (χ1n) is 7.48. The second-order valence-electron chi connectivity index (χ2n) is 7.11. The molecule has 0 radical (unpaired) electrons. The Morgan fingerprint density at radius 1 is 1.27 bits per heavy atom. The fourth-order valence-corrected chi connectivity index (χ4v) is 7.37. The summed E-state index contributed by atoms with van der Waals surface area (Å²) in [4.78, 5) is 23.5. The Bertz CT molecular complexity index is 665. The molecule has 1 spiro atoms. The Morgan fingerprint density at radius 2 is 1.95 bits per heavy atom. The van der Waals surface area contributed by atoms with Crippen molar-refractivity contribution in [3.05, 3.63) is 12.2 Å². The van der Waals surface area contributed by atoms with Crippen molar-refractivity contribution >= 4 is 21.9 Å². The van der Waals surface area contributed by atoms with E-state index in [0.717, 1.165) is 35.7 Å². The average molecular weight is 327 g/mol. The molecule has 1 saturated heterocycles. The summed E-state index contributed by atoms with van der Waals surface area (Å²) in [6.45, 7) is 4.25. The van der Waals surface area contributed by atoms with E-state index < -0.39 is 21.9 Å². The normalized spacial score (nSPS) is 37.5. The summed E-state index contributed by atoms with van der Waals surface area (Å²) in [5, 5.41) is 0. The Morgan fingerprint density at radius 3 is 2.55 bits per heavy atom. The highest BCUT2D eigenvalue weighted by Gasteiger charge is 2.72. The van der Waals surface area contributed by atoms with Crippen molar-refractivity contribution in [2.45, 2.75) is 39.2 Å². The van der Waals surface area contributed by atoms with Crippen LogP contribution in [0.2, 0.25) is 0 Å². The standard InChI is InChI=1S/C15H21NO5S/c1-14(2)10-6-7-15(14)9-22(19,20)16(11(15)8-10)12(17)4-5-13(18)21-3/h4-5,10-11H,6-9H2,1-3H3/b5-4+/t10-,11-,15-/m0/s1. The fourth-order valence-electron chi connectivity index (χ4n) is 4.86.